The minimum absolute atomic E-state index is 0.0429. The molecule has 2 rings (SSSR count). The first kappa shape index (κ1) is 24.3. The fourth-order valence-corrected chi connectivity index (χ4v) is 3.26. The van der Waals surface area contributed by atoms with Gasteiger partial charge in [-0.15, -0.1) is 0 Å². The second-order valence-corrected chi connectivity index (χ2v) is 8.12. The lowest BCUT2D eigenvalue weighted by Gasteiger charge is -2.17. The maximum Gasteiger partial charge on any atom is 0.271 e. The second-order valence-electron chi connectivity index (χ2n) is 8.12. The van der Waals surface area contributed by atoms with Crippen LogP contribution in [0.2, 0.25) is 0 Å². The van der Waals surface area contributed by atoms with Gasteiger partial charge in [-0.3, -0.25) is 9.59 Å². The van der Waals surface area contributed by atoms with Gasteiger partial charge in [0.15, 0.2) is 11.5 Å². The highest BCUT2D eigenvalue weighted by Crippen LogP contribution is 2.24. The van der Waals surface area contributed by atoms with E-state index in [0.29, 0.717) is 24.7 Å². The van der Waals surface area contributed by atoms with Crippen molar-refractivity contribution in [1.29, 1.82) is 0 Å². The Kier molecular flexibility index (Phi) is 8.93. The normalized spacial score (nSPS) is 11.9. The molecule has 31 heavy (non-hydrogen) atoms. The smallest absolute Gasteiger partial charge is 0.271 e. The van der Waals surface area contributed by atoms with E-state index < -0.39 is 5.91 Å². The van der Waals surface area contributed by atoms with E-state index in [1.807, 2.05) is 38.1 Å². The van der Waals surface area contributed by atoms with Crippen molar-refractivity contribution in [3.63, 3.8) is 0 Å². The fraction of sp³-hybridized carbons (Fsp3) is 0.478. The van der Waals surface area contributed by atoms with E-state index in [-0.39, 0.29) is 24.1 Å². The Hall–Kier alpha value is -3.00. The van der Waals surface area contributed by atoms with Crippen LogP contribution in [-0.2, 0) is 17.6 Å². The number of carbonyl (C=O) groups is 2. The van der Waals surface area contributed by atoms with Gasteiger partial charge in [0.05, 0.1) is 17.9 Å². The number of hydrogen-bond donors (Lipinski definition) is 4. The number of benzene rings is 1. The molecular formula is C23H34N6O2. The molecule has 0 fully saturated rings. The number of aryl methyl sites for hydroxylation is 1. The molecule has 1 aromatic heterocycles. The first-order valence-corrected chi connectivity index (χ1v) is 10.7. The molecule has 0 aliphatic rings. The van der Waals surface area contributed by atoms with Crippen molar-refractivity contribution in [1.82, 2.24) is 20.6 Å². The zero-order chi connectivity index (χ0) is 23.0. The molecule has 0 saturated carbocycles. The van der Waals surface area contributed by atoms with Gasteiger partial charge in [0.25, 0.3) is 5.91 Å². The van der Waals surface area contributed by atoms with Gasteiger partial charge >= 0.3 is 0 Å². The highest BCUT2D eigenvalue weighted by molar-refractivity contribution is 5.96. The average Bonchev–Trinajstić information content (AvgIpc) is 2.72. The van der Waals surface area contributed by atoms with Crippen molar-refractivity contribution >= 4 is 23.3 Å². The highest BCUT2D eigenvalue weighted by atomic mass is 16.2. The Morgan fingerprint density at radius 2 is 1.87 bits per heavy atom. The van der Waals surface area contributed by atoms with E-state index in [9.17, 15) is 9.59 Å². The van der Waals surface area contributed by atoms with Gasteiger partial charge in [-0.2, -0.15) is 0 Å². The number of carbonyl (C=O) groups excluding carboxylic acids is 2. The lowest BCUT2D eigenvalue weighted by molar-refractivity contribution is -0.120. The molecule has 0 saturated heterocycles. The summed E-state index contributed by atoms with van der Waals surface area (Å²) in [5, 5.41) is 8.97. The first-order valence-electron chi connectivity index (χ1n) is 10.7. The average molecular weight is 427 g/mol. The number of likely N-dealkylation sites (N-methyl/N-ethyl adjacent to an activating group) is 1. The zero-order valence-corrected chi connectivity index (χ0v) is 19.1. The number of primary amides is 1. The molecule has 1 aromatic carbocycles. The molecule has 8 nitrogen and oxygen atoms in total. The molecule has 1 atom stereocenters. The number of nitrogens with one attached hydrogen (secondary N) is 3. The number of rotatable bonds is 11. The molecule has 2 aromatic rings. The van der Waals surface area contributed by atoms with Crippen LogP contribution in [0.1, 0.15) is 61.1 Å². The summed E-state index contributed by atoms with van der Waals surface area (Å²) in [4.78, 5) is 33.0. The van der Waals surface area contributed by atoms with E-state index in [4.69, 9.17) is 10.7 Å². The van der Waals surface area contributed by atoms with Gasteiger partial charge in [0.1, 0.15) is 0 Å². The Bertz CT molecular complexity index is 913. The molecule has 0 aliphatic carbocycles. The first-order chi connectivity index (χ1) is 14.7. The maximum absolute atomic E-state index is 12.0. The molecule has 5 N–H and O–H groups in total. The van der Waals surface area contributed by atoms with Crippen molar-refractivity contribution in [2.24, 2.45) is 11.7 Å². The third kappa shape index (κ3) is 7.03. The second kappa shape index (κ2) is 11.4. The minimum Gasteiger partial charge on any atom is -0.364 e. The van der Waals surface area contributed by atoms with Crippen molar-refractivity contribution in [3.05, 3.63) is 46.9 Å². The summed E-state index contributed by atoms with van der Waals surface area (Å²) in [6.07, 6.45) is 1.45. The van der Waals surface area contributed by atoms with Gasteiger partial charge in [-0.25, -0.2) is 9.97 Å². The molecule has 8 heteroatoms. The Morgan fingerprint density at radius 3 is 2.48 bits per heavy atom. The molecule has 0 radical (unpaired) electrons. The summed E-state index contributed by atoms with van der Waals surface area (Å²) < 4.78 is 0. The van der Waals surface area contributed by atoms with Crippen molar-refractivity contribution in [2.75, 3.05) is 25.5 Å². The Morgan fingerprint density at radius 1 is 1.13 bits per heavy atom. The van der Waals surface area contributed by atoms with E-state index in [1.165, 1.54) is 0 Å². The van der Waals surface area contributed by atoms with Crippen LogP contribution < -0.4 is 21.7 Å². The summed E-state index contributed by atoms with van der Waals surface area (Å²) in [6.45, 7) is 9.10. The van der Waals surface area contributed by atoms with Crippen LogP contribution in [0.5, 0.6) is 0 Å². The maximum atomic E-state index is 12.0. The van der Waals surface area contributed by atoms with E-state index in [0.717, 1.165) is 29.1 Å². The third-order valence-corrected chi connectivity index (χ3v) is 4.88. The lowest BCUT2D eigenvalue weighted by Crippen LogP contribution is -2.34. The summed E-state index contributed by atoms with van der Waals surface area (Å²) in [5.41, 5.74) is 9.24. The van der Waals surface area contributed by atoms with Crippen LogP contribution in [0.4, 0.5) is 11.5 Å². The van der Waals surface area contributed by atoms with Crippen LogP contribution in [-0.4, -0.2) is 41.9 Å². The quantitative estimate of drug-likeness (QED) is 0.438. The van der Waals surface area contributed by atoms with Crippen LogP contribution >= 0.6 is 0 Å². The highest BCUT2D eigenvalue weighted by Gasteiger charge is 2.18. The standard InChI is InChI=1S/C23H34N6O2/c1-6-18-19(10-14(2)3)29-23(21(28-18)22(24)31)27-17-9-7-8-16(11-17)15(4)12-26-20(30)13-25-5/h7-9,11,14-15,25H,6,10,12-13H2,1-5H3,(H2,24,31)(H,26,30)(H,27,29). The number of nitrogens with two attached hydrogens (primary N) is 1. The lowest BCUT2D eigenvalue weighted by atomic mass is 10.0. The monoisotopic (exact) mass is 426 g/mol. The number of hydrogen-bond acceptors (Lipinski definition) is 6. The number of aromatic nitrogens is 2. The predicted molar refractivity (Wildman–Crippen MR) is 124 cm³/mol. The van der Waals surface area contributed by atoms with E-state index in [1.54, 1.807) is 7.05 Å². The van der Waals surface area contributed by atoms with Gasteiger partial charge < -0.3 is 21.7 Å². The molecule has 1 heterocycles. The fourth-order valence-electron chi connectivity index (χ4n) is 3.26. The zero-order valence-electron chi connectivity index (χ0n) is 19.1. The van der Waals surface area contributed by atoms with Gasteiger partial charge in [-0.05, 0) is 49.4 Å². The Balaban J connectivity index is 2.28. The van der Waals surface area contributed by atoms with Gasteiger partial charge in [-0.1, -0.05) is 39.8 Å². The molecule has 0 aliphatic heterocycles. The van der Waals surface area contributed by atoms with Crippen molar-refractivity contribution in [3.8, 4) is 0 Å². The van der Waals surface area contributed by atoms with Crippen LogP contribution in [0.15, 0.2) is 24.3 Å². The molecular weight excluding hydrogens is 392 g/mol. The van der Waals surface area contributed by atoms with Crippen molar-refractivity contribution in [2.45, 2.75) is 46.5 Å². The van der Waals surface area contributed by atoms with E-state index >= 15 is 0 Å². The van der Waals surface area contributed by atoms with Crippen molar-refractivity contribution < 1.29 is 9.59 Å². The topological polar surface area (TPSA) is 122 Å². The third-order valence-electron chi connectivity index (χ3n) is 4.88. The minimum atomic E-state index is -0.613. The summed E-state index contributed by atoms with van der Waals surface area (Å²) in [5.74, 6) is 0.237. The molecule has 2 amide bonds. The summed E-state index contributed by atoms with van der Waals surface area (Å²) in [7, 11) is 1.74. The van der Waals surface area contributed by atoms with Crippen LogP contribution in [0.25, 0.3) is 0 Å². The summed E-state index contributed by atoms with van der Waals surface area (Å²) in [6, 6.07) is 7.82. The SMILES string of the molecule is CCc1nc(C(N)=O)c(Nc2cccc(C(C)CNC(=O)CNC)c2)nc1CC(C)C. The Labute approximate surface area is 184 Å². The van der Waals surface area contributed by atoms with Crippen LogP contribution in [0.3, 0.4) is 0 Å². The van der Waals surface area contributed by atoms with E-state index in [2.05, 4.69) is 34.8 Å². The summed E-state index contributed by atoms with van der Waals surface area (Å²) >= 11 is 0. The predicted octanol–water partition coefficient (Wildman–Crippen LogP) is 2.52. The number of nitrogens with zero attached hydrogens (tertiary/aromatic N) is 2. The van der Waals surface area contributed by atoms with Gasteiger partial charge in [0.2, 0.25) is 5.91 Å². The molecule has 0 spiro atoms. The largest absolute Gasteiger partial charge is 0.364 e. The van der Waals surface area contributed by atoms with Crippen LogP contribution in [0, 0.1) is 5.92 Å². The van der Waals surface area contributed by atoms with Gasteiger partial charge in [0, 0.05) is 12.2 Å². The molecule has 168 valence electrons. The number of anilines is 2. The molecule has 0 bridgehead atoms. The molecule has 1 unspecified atom stereocenters. The number of amides is 2.